The Labute approximate surface area is 94.2 Å². The number of amides is 2. The van der Waals surface area contributed by atoms with Crippen LogP contribution >= 0.6 is 0 Å². The summed E-state index contributed by atoms with van der Waals surface area (Å²) in [6.45, 7) is 2.68. The monoisotopic (exact) mass is 230 g/mol. The molecule has 92 valence electrons. The van der Waals surface area contributed by atoms with Gasteiger partial charge < -0.3 is 20.4 Å². The largest absolute Gasteiger partial charge is 0.481 e. The maximum absolute atomic E-state index is 11.6. The average Bonchev–Trinajstić information content (AvgIpc) is 2.62. The van der Waals surface area contributed by atoms with Crippen LogP contribution in [0.15, 0.2) is 0 Å². The SMILES string of the molecule is CC(CCC(=O)O)NC(=O)N1CCC(O)C1. The molecule has 6 nitrogen and oxygen atoms in total. The van der Waals surface area contributed by atoms with Crippen LogP contribution in [0.5, 0.6) is 0 Å². The minimum Gasteiger partial charge on any atom is -0.481 e. The van der Waals surface area contributed by atoms with Crippen molar-refractivity contribution in [3.8, 4) is 0 Å². The Morgan fingerprint density at radius 3 is 2.75 bits per heavy atom. The molecule has 0 aliphatic carbocycles. The molecule has 1 saturated heterocycles. The standard InChI is InChI=1S/C10H18N2O4/c1-7(2-3-9(14)15)11-10(16)12-5-4-8(13)6-12/h7-8,13H,2-6H2,1H3,(H,11,16)(H,14,15). The van der Waals surface area contributed by atoms with E-state index in [4.69, 9.17) is 5.11 Å². The van der Waals surface area contributed by atoms with Crippen LogP contribution in [0.25, 0.3) is 0 Å². The molecule has 0 aromatic heterocycles. The van der Waals surface area contributed by atoms with E-state index in [1.54, 1.807) is 11.8 Å². The van der Waals surface area contributed by atoms with Gasteiger partial charge in [0.1, 0.15) is 0 Å². The normalized spacial score (nSPS) is 21.9. The number of carboxylic acid groups (broad SMARTS) is 1. The molecule has 0 bridgehead atoms. The van der Waals surface area contributed by atoms with E-state index in [0.29, 0.717) is 25.9 Å². The molecule has 1 aliphatic heterocycles. The number of aliphatic hydroxyl groups excluding tert-OH is 1. The predicted molar refractivity (Wildman–Crippen MR) is 57.1 cm³/mol. The number of aliphatic carboxylic acids is 1. The van der Waals surface area contributed by atoms with Crippen LogP contribution in [-0.4, -0.2) is 52.3 Å². The Morgan fingerprint density at radius 2 is 2.25 bits per heavy atom. The fourth-order valence-corrected chi connectivity index (χ4v) is 1.64. The Morgan fingerprint density at radius 1 is 1.56 bits per heavy atom. The smallest absolute Gasteiger partial charge is 0.317 e. The van der Waals surface area contributed by atoms with Crippen molar-refractivity contribution in [3.05, 3.63) is 0 Å². The van der Waals surface area contributed by atoms with Gasteiger partial charge in [0.2, 0.25) is 0 Å². The zero-order chi connectivity index (χ0) is 12.1. The molecule has 1 rings (SSSR count). The summed E-state index contributed by atoms with van der Waals surface area (Å²) < 4.78 is 0. The van der Waals surface area contributed by atoms with E-state index in [1.165, 1.54) is 0 Å². The van der Waals surface area contributed by atoms with Crippen molar-refractivity contribution < 1.29 is 19.8 Å². The van der Waals surface area contributed by atoms with Gasteiger partial charge in [0.05, 0.1) is 6.10 Å². The van der Waals surface area contributed by atoms with Crippen molar-refractivity contribution in [1.29, 1.82) is 0 Å². The number of hydrogen-bond donors (Lipinski definition) is 3. The van der Waals surface area contributed by atoms with Gasteiger partial charge in [-0.1, -0.05) is 0 Å². The van der Waals surface area contributed by atoms with Crippen LogP contribution in [0.4, 0.5) is 4.79 Å². The van der Waals surface area contributed by atoms with Gasteiger partial charge in [0.25, 0.3) is 0 Å². The molecule has 6 heteroatoms. The molecule has 1 fully saturated rings. The van der Waals surface area contributed by atoms with Gasteiger partial charge in [-0.3, -0.25) is 4.79 Å². The third-order valence-electron chi connectivity index (χ3n) is 2.61. The summed E-state index contributed by atoms with van der Waals surface area (Å²) in [5.74, 6) is -0.863. The van der Waals surface area contributed by atoms with Gasteiger partial charge in [0, 0.05) is 25.6 Å². The maximum atomic E-state index is 11.6. The van der Waals surface area contributed by atoms with E-state index >= 15 is 0 Å². The second-order valence-electron chi connectivity index (χ2n) is 4.17. The third kappa shape index (κ3) is 4.06. The van der Waals surface area contributed by atoms with Crippen molar-refractivity contribution in [2.24, 2.45) is 0 Å². The highest BCUT2D eigenvalue weighted by Crippen LogP contribution is 2.09. The zero-order valence-corrected chi connectivity index (χ0v) is 9.35. The first-order chi connectivity index (χ1) is 7.49. The lowest BCUT2D eigenvalue weighted by atomic mass is 10.2. The molecule has 0 saturated carbocycles. The topological polar surface area (TPSA) is 89.9 Å². The van der Waals surface area contributed by atoms with E-state index in [0.717, 1.165) is 0 Å². The number of carbonyl (C=O) groups excluding carboxylic acids is 1. The molecule has 3 N–H and O–H groups in total. The number of carboxylic acids is 1. The van der Waals surface area contributed by atoms with Crippen LogP contribution in [0.2, 0.25) is 0 Å². The van der Waals surface area contributed by atoms with Crippen molar-refractivity contribution in [2.45, 2.75) is 38.3 Å². The summed E-state index contributed by atoms with van der Waals surface area (Å²) in [7, 11) is 0. The highest BCUT2D eigenvalue weighted by molar-refractivity contribution is 5.75. The lowest BCUT2D eigenvalue weighted by Crippen LogP contribution is -2.43. The summed E-state index contributed by atoms with van der Waals surface area (Å²) in [4.78, 5) is 23.5. The van der Waals surface area contributed by atoms with E-state index in [9.17, 15) is 14.7 Å². The van der Waals surface area contributed by atoms with Gasteiger partial charge >= 0.3 is 12.0 Å². The van der Waals surface area contributed by atoms with Crippen molar-refractivity contribution >= 4 is 12.0 Å². The minimum absolute atomic E-state index is 0.0457. The average molecular weight is 230 g/mol. The van der Waals surface area contributed by atoms with Crippen LogP contribution in [-0.2, 0) is 4.79 Å². The van der Waals surface area contributed by atoms with E-state index in [-0.39, 0.29) is 18.5 Å². The lowest BCUT2D eigenvalue weighted by Gasteiger charge is -2.20. The minimum atomic E-state index is -0.863. The molecular weight excluding hydrogens is 212 g/mol. The summed E-state index contributed by atoms with van der Waals surface area (Å²) in [6.07, 6.45) is 0.637. The van der Waals surface area contributed by atoms with Crippen LogP contribution in [0.1, 0.15) is 26.2 Å². The van der Waals surface area contributed by atoms with Crippen molar-refractivity contribution in [1.82, 2.24) is 10.2 Å². The van der Waals surface area contributed by atoms with Crippen LogP contribution in [0.3, 0.4) is 0 Å². The first kappa shape index (κ1) is 12.8. The number of β-amino-alcohol motifs (C(OH)–C–C–N with tert-alkyl or cyclic N) is 1. The molecule has 2 amide bonds. The fraction of sp³-hybridized carbons (Fsp3) is 0.800. The molecule has 16 heavy (non-hydrogen) atoms. The van der Waals surface area contributed by atoms with Crippen LogP contribution in [0, 0.1) is 0 Å². The molecule has 1 aliphatic rings. The fourth-order valence-electron chi connectivity index (χ4n) is 1.64. The molecule has 0 spiro atoms. The van der Waals surface area contributed by atoms with Gasteiger partial charge in [0.15, 0.2) is 0 Å². The molecule has 0 aromatic carbocycles. The number of hydrogen-bond acceptors (Lipinski definition) is 3. The lowest BCUT2D eigenvalue weighted by molar-refractivity contribution is -0.137. The quantitative estimate of drug-likeness (QED) is 0.635. The Hall–Kier alpha value is -1.30. The number of likely N-dealkylation sites (tertiary alicyclic amines) is 1. The summed E-state index contributed by atoms with van der Waals surface area (Å²) >= 11 is 0. The number of nitrogens with one attached hydrogen (secondary N) is 1. The summed E-state index contributed by atoms with van der Waals surface area (Å²) in [5, 5.41) is 20.5. The van der Waals surface area contributed by atoms with Gasteiger partial charge in [-0.2, -0.15) is 0 Å². The first-order valence-electron chi connectivity index (χ1n) is 5.44. The Bertz CT molecular complexity index is 270. The van der Waals surface area contributed by atoms with Gasteiger partial charge in [-0.15, -0.1) is 0 Å². The molecule has 2 atom stereocenters. The Balaban J connectivity index is 2.25. The molecule has 2 unspecified atom stereocenters. The second-order valence-corrected chi connectivity index (χ2v) is 4.17. The van der Waals surface area contributed by atoms with Gasteiger partial charge in [-0.05, 0) is 19.8 Å². The number of rotatable bonds is 4. The van der Waals surface area contributed by atoms with Gasteiger partial charge in [-0.25, -0.2) is 4.79 Å². The predicted octanol–water partition coefficient (Wildman–Crippen LogP) is 0.0159. The zero-order valence-electron chi connectivity index (χ0n) is 9.35. The molecular formula is C10H18N2O4. The van der Waals surface area contributed by atoms with E-state index in [2.05, 4.69) is 5.32 Å². The highest BCUT2D eigenvalue weighted by Gasteiger charge is 2.25. The van der Waals surface area contributed by atoms with Crippen molar-refractivity contribution in [2.75, 3.05) is 13.1 Å². The number of carbonyl (C=O) groups is 2. The number of urea groups is 1. The highest BCUT2D eigenvalue weighted by atomic mass is 16.4. The van der Waals surface area contributed by atoms with Crippen LogP contribution < -0.4 is 5.32 Å². The summed E-state index contributed by atoms with van der Waals surface area (Å²) in [5.41, 5.74) is 0. The Kier molecular flexibility index (Phi) is 4.54. The number of aliphatic hydroxyl groups is 1. The molecule has 0 aromatic rings. The van der Waals surface area contributed by atoms with Crippen molar-refractivity contribution in [3.63, 3.8) is 0 Å². The maximum Gasteiger partial charge on any atom is 0.317 e. The first-order valence-corrected chi connectivity index (χ1v) is 5.44. The number of nitrogens with zero attached hydrogens (tertiary/aromatic N) is 1. The van der Waals surface area contributed by atoms with E-state index < -0.39 is 12.1 Å². The summed E-state index contributed by atoms with van der Waals surface area (Å²) in [6, 6.07) is -0.393. The van der Waals surface area contributed by atoms with E-state index in [1.807, 2.05) is 0 Å². The second kappa shape index (κ2) is 5.69. The third-order valence-corrected chi connectivity index (χ3v) is 2.61. The molecule has 0 radical (unpaired) electrons. The molecule has 1 heterocycles.